The van der Waals surface area contributed by atoms with Gasteiger partial charge in [0, 0.05) is 41.8 Å². The number of nitrogens with one attached hydrogen (secondary N) is 4. The molecule has 0 saturated carbocycles. The van der Waals surface area contributed by atoms with Crippen LogP contribution in [-0.4, -0.2) is 70.8 Å². The number of anilines is 1. The van der Waals surface area contributed by atoms with Gasteiger partial charge in [0.25, 0.3) is 11.8 Å². The van der Waals surface area contributed by atoms with Crippen LogP contribution in [-0.2, 0) is 44.9 Å². The first-order chi connectivity index (χ1) is 29.6. The van der Waals surface area contributed by atoms with Crippen molar-refractivity contribution in [2.24, 2.45) is 10.9 Å². The minimum absolute atomic E-state index is 0.000191. The highest BCUT2D eigenvalue weighted by Gasteiger charge is 2.33. The molecule has 1 aliphatic rings. The van der Waals surface area contributed by atoms with Gasteiger partial charge in [0.2, 0.25) is 23.3 Å². The van der Waals surface area contributed by atoms with E-state index in [4.69, 9.17) is 42.5 Å². The van der Waals surface area contributed by atoms with Gasteiger partial charge in [0.05, 0.1) is 18.4 Å². The molecule has 0 radical (unpaired) electrons. The Kier molecular flexibility index (Phi) is 16.3. The van der Waals surface area contributed by atoms with Crippen molar-refractivity contribution in [3.8, 4) is 5.75 Å². The van der Waals surface area contributed by atoms with Crippen molar-refractivity contribution in [2.45, 2.75) is 78.0 Å². The van der Waals surface area contributed by atoms with Gasteiger partial charge in [-0.3, -0.25) is 29.3 Å². The number of nitrogens with zero attached hydrogens (tertiary/aromatic N) is 2. The summed E-state index contributed by atoms with van der Waals surface area (Å²) < 4.78 is 16.7. The highest BCUT2D eigenvalue weighted by molar-refractivity contribution is 7.80. The molecule has 5 rings (SSSR count). The molecular weight excluding hydrogens is 844 g/mol. The number of carbonyl (C=O) groups excluding carboxylic acids is 7. The third-order valence-electron chi connectivity index (χ3n) is 9.31. The van der Waals surface area contributed by atoms with Crippen LogP contribution < -0.4 is 31.6 Å². The molecule has 17 nitrogen and oxygen atoms in total. The molecule has 1 saturated heterocycles. The molecule has 1 aliphatic heterocycles. The molecule has 2 atom stereocenters. The van der Waals surface area contributed by atoms with E-state index in [0.29, 0.717) is 49.3 Å². The van der Waals surface area contributed by atoms with E-state index in [1.807, 2.05) is 0 Å². The molecule has 4 aromatic rings. The second-order valence-corrected chi connectivity index (χ2v) is 15.3. The van der Waals surface area contributed by atoms with Crippen LogP contribution in [0.4, 0.5) is 16.2 Å². The molecule has 0 aliphatic carbocycles. The first kappa shape index (κ1) is 46.4. The summed E-state index contributed by atoms with van der Waals surface area (Å²) in [6.45, 7) is 4.85. The summed E-state index contributed by atoms with van der Waals surface area (Å²) in [5.74, 6) is -3.10. The summed E-state index contributed by atoms with van der Waals surface area (Å²) in [7, 11) is 1.56. The summed E-state index contributed by atoms with van der Waals surface area (Å²) in [4.78, 5) is 96.3. The maximum atomic E-state index is 13.1. The zero-order chi connectivity index (χ0) is 44.9. The van der Waals surface area contributed by atoms with Gasteiger partial charge in [-0.2, -0.15) is 0 Å². The Morgan fingerprint density at radius 3 is 2.21 bits per heavy atom. The molecule has 0 bridgehead atoms. The number of hydrogen-bond acceptors (Lipinski definition) is 13. The van der Waals surface area contributed by atoms with Crippen molar-refractivity contribution in [1.82, 2.24) is 21.0 Å². The van der Waals surface area contributed by atoms with Gasteiger partial charge in [-0.25, -0.2) is 14.6 Å². The highest BCUT2D eigenvalue weighted by Crippen LogP contribution is 2.22. The number of hydrogen-bond donors (Lipinski definition) is 4. The van der Waals surface area contributed by atoms with Crippen LogP contribution in [0.1, 0.15) is 70.4 Å². The van der Waals surface area contributed by atoms with Gasteiger partial charge < -0.3 is 34.7 Å². The van der Waals surface area contributed by atoms with Crippen molar-refractivity contribution < 1.29 is 52.3 Å². The van der Waals surface area contributed by atoms with E-state index in [1.54, 1.807) is 93.8 Å². The fraction of sp³-hybridized carbons (Fsp3) is 0.326. The van der Waals surface area contributed by atoms with Crippen LogP contribution in [0.15, 0.2) is 82.2 Å². The number of fused-ring (bicyclic) bond motifs is 1. The number of hydroxylamine groups is 2. The van der Waals surface area contributed by atoms with E-state index in [1.165, 1.54) is 6.92 Å². The monoisotopic (exact) mass is 888 g/mol. The quantitative estimate of drug-likeness (QED) is 0.0571. The first-order valence-electron chi connectivity index (χ1n) is 19.6. The van der Waals surface area contributed by atoms with E-state index in [9.17, 15) is 33.6 Å². The minimum Gasteiger partial charge on any atom is -0.497 e. The lowest BCUT2D eigenvalue weighted by Crippen LogP contribution is -2.53. The topological polar surface area (TPSA) is 224 Å². The Hall–Kier alpha value is -6.66. The molecule has 326 valence electrons. The lowest BCUT2D eigenvalue weighted by Gasteiger charge is -2.24. The summed E-state index contributed by atoms with van der Waals surface area (Å²) in [6, 6.07) is 18.3. The standard InChI is InChI=1S/C43H45ClN6O11S/c1-24(2)38(48-34(51)7-5-6-8-37(54)61-50-35(52)19-20-36(50)53)40(56)45-25(3)39(55)46-29-12-9-26(10-13-29)23-59-43(57)49-42(62)32-22-27-21-28(44)11-18-33(27)60-41(32)47-30-14-16-31(58-4)17-15-30/h9-18,21-22,24-25,38H,5-8,19-20,23H2,1-4H3,(H,45,56)(H,46,55)(H,48,51)(H,49,57,62)/b47-41-/t25-,38+/m0/s1. The fourth-order valence-electron chi connectivity index (χ4n) is 5.91. The number of rotatable bonds is 17. The average molecular weight is 889 g/mol. The number of ether oxygens (including phenoxy) is 2. The molecular formula is C43H45ClN6O11S. The molecule has 3 aromatic carbocycles. The number of halogens is 1. The van der Waals surface area contributed by atoms with Crippen LogP contribution in [0, 0.1) is 5.92 Å². The second kappa shape index (κ2) is 21.7. The molecule has 4 N–H and O–H groups in total. The number of imide groups is 1. The number of amides is 6. The number of carbonyl (C=O) groups is 7. The first-order valence-corrected chi connectivity index (χ1v) is 20.3. The van der Waals surface area contributed by atoms with Crippen molar-refractivity contribution in [2.75, 3.05) is 12.4 Å². The third-order valence-corrected chi connectivity index (χ3v) is 9.87. The predicted octanol–water partition coefficient (Wildman–Crippen LogP) is 5.68. The summed E-state index contributed by atoms with van der Waals surface area (Å²) in [6.07, 6.45) is -0.425. The van der Waals surface area contributed by atoms with E-state index in [0.717, 1.165) is 0 Å². The molecule has 62 heavy (non-hydrogen) atoms. The van der Waals surface area contributed by atoms with Crippen LogP contribution in [0.3, 0.4) is 0 Å². The van der Waals surface area contributed by atoms with Gasteiger partial charge in [-0.15, -0.1) is 5.06 Å². The van der Waals surface area contributed by atoms with Crippen molar-refractivity contribution in [3.63, 3.8) is 0 Å². The lowest BCUT2D eigenvalue weighted by molar-refractivity contribution is -0.197. The molecule has 6 amide bonds. The summed E-state index contributed by atoms with van der Waals surface area (Å²) in [5, 5.41) is 12.2. The number of alkyl carbamates (subject to hydrolysis) is 1. The molecule has 0 unspecified atom stereocenters. The van der Waals surface area contributed by atoms with Gasteiger partial charge >= 0.3 is 12.1 Å². The SMILES string of the molecule is COc1ccc(/N=c2\oc3ccc(Cl)cc3cc2C(=S)NC(=O)OCc2ccc(NC(=O)[C@H](C)NC(=O)[C@H](NC(=O)CCCCC(=O)ON3C(=O)CCC3=O)C(C)C)cc2)cc1. The Morgan fingerprint density at radius 1 is 0.871 bits per heavy atom. The number of unbranched alkanes of at least 4 members (excludes halogenated alkanes) is 1. The fourth-order valence-corrected chi connectivity index (χ4v) is 6.32. The van der Waals surface area contributed by atoms with Crippen LogP contribution in [0.5, 0.6) is 5.75 Å². The number of thiocarbonyl (C=S) groups is 1. The van der Waals surface area contributed by atoms with Crippen molar-refractivity contribution >= 4 is 92.7 Å². The Labute approximate surface area is 366 Å². The van der Waals surface area contributed by atoms with Gasteiger partial charge in [0.1, 0.15) is 35.0 Å². The smallest absolute Gasteiger partial charge is 0.412 e. The highest BCUT2D eigenvalue weighted by atomic mass is 35.5. The number of benzene rings is 3. The normalized spacial score (nSPS) is 13.6. The van der Waals surface area contributed by atoms with Crippen molar-refractivity contribution in [1.29, 1.82) is 0 Å². The molecule has 1 fully saturated rings. The maximum Gasteiger partial charge on any atom is 0.412 e. The largest absolute Gasteiger partial charge is 0.497 e. The van der Waals surface area contributed by atoms with E-state index in [2.05, 4.69) is 26.3 Å². The molecule has 0 spiro atoms. The third kappa shape index (κ3) is 13.2. The van der Waals surface area contributed by atoms with Gasteiger partial charge in [0.15, 0.2) is 0 Å². The maximum absolute atomic E-state index is 13.1. The van der Waals surface area contributed by atoms with E-state index in [-0.39, 0.29) is 61.6 Å². The Bertz CT molecular complexity index is 2410. The summed E-state index contributed by atoms with van der Waals surface area (Å²) in [5.41, 5.74) is 2.53. The van der Waals surface area contributed by atoms with Crippen LogP contribution in [0.2, 0.25) is 5.02 Å². The second-order valence-electron chi connectivity index (χ2n) is 14.4. The van der Waals surface area contributed by atoms with Gasteiger partial charge in [-0.05, 0) is 91.9 Å². The summed E-state index contributed by atoms with van der Waals surface area (Å²) >= 11 is 11.8. The lowest BCUT2D eigenvalue weighted by atomic mass is 10.0. The van der Waals surface area contributed by atoms with Crippen LogP contribution in [0.25, 0.3) is 11.0 Å². The van der Waals surface area contributed by atoms with E-state index < -0.39 is 53.7 Å². The Balaban J connectivity index is 1.07. The van der Waals surface area contributed by atoms with Crippen LogP contribution >= 0.6 is 23.8 Å². The average Bonchev–Trinajstić information content (AvgIpc) is 3.56. The minimum atomic E-state index is -0.978. The van der Waals surface area contributed by atoms with E-state index >= 15 is 0 Å². The zero-order valence-corrected chi connectivity index (χ0v) is 35.9. The van der Waals surface area contributed by atoms with Crippen molar-refractivity contribution in [3.05, 3.63) is 94.5 Å². The van der Waals surface area contributed by atoms with Gasteiger partial charge in [-0.1, -0.05) is 49.8 Å². The number of methoxy groups -OCH3 is 1. The predicted molar refractivity (Wildman–Crippen MR) is 230 cm³/mol. The molecule has 1 aromatic heterocycles. The molecule has 2 heterocycles. The molecule has 19 heteroatoms. The zero-order valence-electron chi connectivity index (χ0n) is 34.3. The Morgan fingerprint density at radius 2 is 1.55 bits per heavy atom.